The summed E-state index contributed by atoms with van der Waals surface area (Å²) in [6.45, 7) is 5.14. The van der Waals surface area contributed by atoms with Gasteiger partial charge in [-0.05, 0) is 32.9 Å². The Morgan fingerprint density at radius 2 is 1.88 bits per heavy atom. The molecule has 0 aliphatic rings. The standard InChI is InChI=1S/C18H19N5O3/c1-10-16(11(2)23(4)22-10)21-17(24)12(3)26-18(25)15-9-19-13-7-5-6-8-14(13)20-15/h5-9,12H,1-4H3,(H,21,24). The highest BCUT2D eigenvalue weighted by molar-refractivity contribution is 5.97. The van der Waals surface area contributed by atoms with Crippen molar-refractivity contribution in [2.75, 3.05) is 5.32 Å². The Morgan fingerprint density at radius 1 is 1.19 bits per heavy atom. The molecule has 0 spiro atoms. The molecule has 26 heavy (non-hydrogen) atoms. The van der Waals surface area contributed by atoms with Crippen molar-refractivity contribution in [1.82, 2.24) is 19.7 Å². The van der Waals surface area contributed by atoms with Crippen LogP contribution in [-0.2, 0) is 16.6 Å². The van der Waals surface area contributed by atoms with Crippen LogP contribution in [0.3, 0.4) is 0 Å². The summed E-state index contributed by atoms with van der Waals surface area (Å²) in [5.74, 6) is -1.14. The molecule has 0 bridgehead atoms. The molecule has 1 atom stereocenters. The second-order valence-electron chi connectivity index (χ2n) is 5.95. The fourth-order valence-electron chi connectivity index (χ4n) is 2.51. The van der Waals surface area contributed by atoms with E-state index < -0.39 is 18.0 Å². The first kappa shape index (κ1) is 17.5. The van der Waals surface area contributed by atoms with E-state index in [2.05, 4.69) is 20.4 Å². The largest absolute Gasteiger partial charge is 0.448 e. The highest BCUT2D eigenvalue weighted by Crippen LogP contribution is 2.19. The maximum Gasteiger partial charge on any atom is 0.359 e. The number of benzene rings is 1. The molecule has 0 saturated carbocycles. The number of hydrogen-bond donors (Lipinski definition) is 1. The molecule has 0 radical (unpaired) electrons. The lowest BCUT2D eigenvalue weighted by Crippen LogP contribution is -2.30. The molecule has 0 saturated heterocycles. The van der Waals surface area contributed by atoms with Crippen LogP contribution in [0.1, 0.15) is 28.8 Å². The summed E-state index contributed by atoms with van der Waals surface area (Å²) >= 11 is 0. The van der Waals surface area contributed by atoms with Crippen LogP contribution in [-0.4, -0.2) is 37.7 Å². The number of ether oxygens (including phenoxy) is 1. The SMILES string of the molecule is Cc1nn(C)c(C)c1NC(=O)C(C)OC(=O)c1cnc2ccccc2n1. The number of hydrogen-bond acceptors (Lipinski definition) is 6. The number of carbonyl (C=O) groups excluding carboxylic acids is 2. The van der Waals surface area contributed by atoms with Gasteiger partial charge < -0.3 is 10.1 Å². The van der Waals surface area contributed by atoms with Gasteiger partial charge >= 0.3 is 5.97 Å². The number of fused-ring (bicyclic) bond motifs is 1. The van der Waals surface area contributed by atoms with E-state index in [0.29, 0.717) is 22.4 Å². The maximum absolute atomic E-state index is 12.3. The number of aryl methyl sites for hydroxylation is 2. The van der Waals surface area contributed by atoms with Gasteiger partial charge in [0.05, 0.1) is 34.3 Å². The third-order valence-electron chi connectivity index (χ3n) is 4.07. The number of esters is 1. The second-order valence-corrected chi connectivity index (χ2v) is 5.95. The summed E-state index contributed by atoms with van der Waals surface area (Å²) in [5.41, 5.74) is 3.44. The molecule has 1 N–H and O–H groups in total. The predicted molar refractivity (Wildman–Crippen MR) is 95.7 cm³/mol. The molecule has 2 heterocycles. The zero-order chi connectivity index (χ0) is 18.8. The van der Waals surface area contributed by atoms with Gasteiger partial charge in [-0.1, -0.05) is 12.1 Å². The quantitative estimate of drug-likeness (QED) is 0.722. The molecule has 0 fully saturated rings. The van der Waals surface area contributed by atoms with Crippen molar-refractivity contribution < 1.29 is 14.3 Å². The number of rotatable bonds is 4. The molecule has 8 heteroatoms. The van der Waals surface area contributed by atoms with Gasteiger partial charge in [0.1, 0.15) is 0 Å². The zero-order valence-electron chi connectivity index (χ0n) is 15.0. The molecular weight excluding hydrogens is 334 g/mol. The molecule has 1 unspecified atom stereocenters. The van der Waals surface area contributed by atoms with E-state index in [1.54, 1.807) is 36.9 Å². The molecule has 3 aromatic rings. The van der Waals surface area contributed by atoms with Crippen LogP contribution in [0.2, 0.25) is 0 Å². The maximum atomic E-state index is 12.3. The summed E-state index contributed by atoms with van der Waals surface area (Å²) < 4.78 is 6.90. The Hall–Kier alpha value is -3.29. The third-order valence-corrected chi connectivity index (χ3v) is 4.07. The van der Waals surface area contributed by atoms with Crippen molar-refractivity contribution in [2.45, 2.75) is 26.9 Å². The van der Waals surface area contributed by atoms with Gasteiger partial charge in [-0.15, -0.1) is 0 Å². The molecule has 1 amide bonds. The van der Waals surface area contributed by atoms with Gasteiger partial charge in [-0.25, -0.2) is 9.78 Å². The Bertz CT molecular complexity index is 996. The molecular formula is C18H19N5O3. The molecule has 3 rings (SSSR count). The number of aromatic nitrogens is 4. The van der Waals surface area contributed by atoms with E-state index in [-0.39, 0.29) is 5.69 Å². The highest BCUT2D eigenvalue weighted by Gasteiger charge is 2.22. The smallest absolute Gasteiger partial charge is 0.359 e. The van der Waals surface area contributed by atoms with Crippen LogP contribution in [0.5, 0.6) is 0 Å². The van der Waals surface area contributed by atoms with E-state index in [9.17, 15) is 9.59 Å². The topological polar surface area (TPSA) is 99.0 Å². The average molecular weight is 353 g/mol. The van der Waals surface area contributed by atoms with Gasteiger partial charge in [0.2, 0.25) is 0 Å². The minimum atomic E-state index is -0.991. The first-order valence-electron chi connectivity index (χ1n) is 8.10. The Kier molecular flexibility index (Phi) is 4.66. The lowest BCUT2D eigenvalue weighted by atomic mass is 10.3. The minimum Gasteiger partial charge on any atom is -0.448 e. The van der Waals surface area contributed by atoms with Gasteiger partial charge in [-0.2, -0.15) is 5.10 Å². The molecule has 8 nitrogen and oxygen atoms in total. The summed E-state index contributed by atoms with van der Waals surface area (Å²) in [6.07, 6.45) is 0.347. The number of nitrogens with one attached hydrogen (secondary N) is 1. The number of amides is 1. The monoisotopic (exact) mass is 353 g/mol. The van der Waals surface area contributed by atoms with Crippen molar-refractivity contribution >= 4 is 28.6 Å². The van der Waals surface area contributed by atoms with Crippen molar-refractivity contribution in [1.29, 1.82) is 0 Å². The summed E-state index contributed by atoms with van der Waals surface area (Å²) in [4.78, 5) is 33.0. The minimum absolute atomic E-state index is 0.0529. The summed E-state index contributed by atoms with van der Waals surface area (Å²) in [5, 5.41) is 6.99. The highest BCUT2D eigenvalue weighted by atomic mass is 16.5. The van der Waals surface area contributed by atoms with Gasteiger partial charge in [-0.3, -0.25) is 14.5 Å². The lowest BCUT2D eigenvalue weighted by Gasteiger charge is -2.13. The van der Waals surface area contributed by atoms with Crippen LogP contribution < -0.4 is 5.32 Å². The normalized spacial score (nSPS) is 12.0. The number of carbonyl (C=O) groups is 2. The van der Waals surface area contributed by atoms with E-state index in [4.69, 9.17) is 4.74 Å². The van der Waals surface area contributed by atoms with Gasteiger partial charge in [0.15, 0.2) is 11.8 Å². The van der Waals surface area contributed by atoms with Crippen molar-refractivity contribution in [3.05, 3.63) is 47.5 Å². The molecule has 0 aliphatic heterocycles. The predicted octanol–water partition coefficient (Wildman–Crippen LogP) is 2.16. The van der Waals surface area contributed by atoms with Crippen molar-refractivity contribution in [3.63, 3.8) is 0 Å². The van der Waals surface area contributed by atoms with Crippen LogP contribution in [0, 0.1) is 13.8 Å². The van der Waals surface area contributed by atoms with Crippen LogP contribution in [0.4, 0.5) is 5.69 Å². The molecule has 0 aliphatic carbocycles. The number of para-hydroxylation sites is 2. The van der Waals surface area contributed by atoms with Crippen LogP contribution >= 0.6 is 0 Å². The van der Waals surface area contributed by atoms with E-state index in [1.165, 1.54) is 13.1 Å². The first-order valence-corrected chi connectivity index (χ1v) is 8.10. The van der Waals surface area contributed by atoms with Crippen LogP contribution in [0.15, 0.2) is 30.5 Å². The second kappa shape index (κ2) is 6.91. The Balaban J connectivity index is 1.70. The van der Waals surface area contributed by atoms with E-state index in [1.807, 2.05) is 13.0 Å². The summed E-state index contributed by atoms with van der Waals surface area (Å²) in [6, 6.07) is 7.19. The molecule has 1 aromatic carbocycles. The van der Waals surface area contributed by atoms with Crippen LogP contribution in [0.25, 0.3) is 11.0 Å². The molecule has 134 valence electrons. The number of anilines is 1. The fourth-order valence-corrected chi connectivity index (χ4v) is 2.51. The van der Waals surface area contributed by atoms with E-state index >= 15 is 0 Å². The van der Waals surface area contributed by atoms with Crippen molar-refractivity contribution in [3.8, 4) is 0 Å². The van der Waals surface area contributed by atoms with Crippen molar-refractivity contribution in [2.24, 2.45) is 7.05 Å². The Labute approximate surface area is 150 Å². The zero-order valence-corrected chi connectivity index (χ0v) is 15.0. The Morgan fingerprint density at radius 3 is 2.54 bits per heavy atom. The fraction of sp³-hybridized carbons (Fsp3) is 0.278. The first-order chi connectivity index (χ1) is 12.4. The number of nitrogens with zero attached hydrogens (tertiary/aromatic N) is 4. The molecule has 2 aromatic heterocycles. The average Bonchev–Trinajstić information content (AvgIpc) is 2.87. The third kappa shape index (κ3) is 3.39. The summed E-state index contributed by atoms with van der Waals surface area (Å²) in [7, 11) is 1.79. The van der Waals surface area contributed by atoms with E-state index in [0.717, 1.165) is 5.69 Å². The van der Waals surface area contributed by atoms with Gasteiger partial charge in [0.25, 0.3) is 5.91 Å². The van der Waals surface area contributed by atoms with Gasteiger partial charge in [0, 0.05) is 7.05 Å². The lowest BCUT2D eigenvalue weighted by molar-refractivity contribution is -0.123.